The van der Waals surface area contributed by atoms with Crippen LogP contribution >= 0.6 is 58.8 Å². The van der Waals surface area contributed by atoms with Gasteiger partial charge in [0.1, 0.15) is 29.0 Å². The number of carbonyl (C=O) groups excluding carboxylic acids is 4. The molecular weight excluding hydrogens is 2110 g/mol. The summed E-state index contributed by atoms with van der Waals surface area (Å²) in [6, 6.07) is 69.5. The molecule has 4 fully saturated rings. The Morgan fingerprint density at radius 1 is 0.384 bits per heavy atom. The summed E-state index contributed by atoms with van der Waals surface area (Å²) >= 11 is 33.7. The number of rotatable bonds is 14. The minimum absolute atomic E-state index is 0. The van der Waals surface area contributed by atoms with Crippen LogP contribution in [0.3, 0.4) is 0 Å². The van der Waals surface area contributed by atoms with Gasteiger partial charge in [0.25, 0.3) is 0 Å². The number of aliphatic hydroxyl groups excluding tert-OH is 1. The van der Waals surface area contributed by atoms with Crippen LogP contribution in [0.4, 0.5) is 14.4 Å². The molecule has 0 spiro atoms. The second-order valence-electron chi connectivity index (χ2n) is 35.6. The smallest absolute Gasteiger partial charge is 0.410 e. The molecule has 7 atom stereocenters. The first-order valence-corrected chi connectivity index (χ1v) is 63.6. The number of pyridine rings is 4. The zero-order valence-corrected chi connectivity index (χ0v) is 93.3. The van der Waals surface area contributed by atoms with Gasteiger partial charge in [0.2, 0.25) is 0 Å². The number of benzene rings is 8. The Bertz CT molecular complexity index is 6800. The molecule has 0 aliphatic carbocycles. The maximum Gasteiger partial charge on any atom is 0.410 e. The third-order valence-electron chi connectivity index (χ3n) is 22.7. The lowest BCUT2D eigenvalue weighted by Gasteiger charge is -2.40. The van der Waals surface area contributed by atoms with Crippen LogP contribution in [-0.4, -0.2) is 145 Å². The number of hydrogen-bond donors (Lipinski definition) is 2. The lowest BCUT2D eigenvalue weighted by Crippen LogP contribution is -2.49. The molecule has 16 rings (SSSR count). The van der Waals surface area contributed by atoms with Gasteiger partial charge >= 0.3 is 18.3 Å². The van der Waals surface area contributed by atoms with Crippen molar-refractivity contribution in [2.45, 2.75) is 199 Å². The van der Waals surface area contributed by atoms with Crippen molar-refractivity contribution in [2.75, 3.05) is 40.4 Å². The molecule has 4 aliphatic rings. The summed E-state index contributed by atoms with van der Waals surface area (Å²) in [5.74, 6) is -0.0793. The number of carbonyl (C=O) groups is 4. The molecule has 4 aromatic heterocycles. The monoisotopic (exact) mass is 2220 g/mol. The Balaban J connectivity index is 0.000000169. The van der Waals surface area contributed by atoms with E-state index in [2.05, 4.69) is 41.7 Å². The number of hydrogen-bond acceptors (Lipinski definition) is 17. The molecule has 3 amide bonds. The average Bonchev–Trinajstić information content (AvgIpc) is 0.795. The van der Waals surface area contributed by atoms with Crippen LogP contribution in [-0.2, 0) is 153 Å². The Morgan fingerprint density at radius 3 is 1.07 bits per heavy atom. The van der Waals surface area contributed by atoms with E-state index >= 15 is 0 Å². The van der Waals surface area contributed by atoms with Crippen LogP contribution in [0.2, 0.25) is 20.1 Å². The van der Waals surface area contributed by atoms with Gasteiger partial charge in [0, 0.05) is 238 Å². The number of nitrogens with zero attached hydrogens (tertiary/aromatic N) is 7. The molecule has 12 aromatic rings. The lowest BCUT2D eigenvalue weighted by atomic mass is 9.90. The van der Waals surface area contributed by atoms with E-state index in [0.717, 1.165) is 157 Å². The number of aromatic nitrogens is 4. The number of amides is 3. The minimum Gasteiger partial charge on any atom is -0.444 e. The highest BCUT2D eigenvalue weighted by molar-refractivity contribution is 8.76. The van der Waals surface area contributed by atoms with Crippen molar-refractivity contribution in [1.82, 2.24) is 40.0 Å². The second kappa shape index (κ2) is 54.8. The summed E-state index contributed by atoms with van der Waals surface area (Å²) in [5.41, 5.74) is 12.3. The van der Waals surface area contributed by atoms with Gasteiger partial charge in [-0.2, -0.15) is 0 Å². The molecule has 7 unspecified atom stereocenters. The molecule has 2 N–H and O–H groups in total. The lowest BCUT2D eigenvalue weighted by molar-refractivity contribution is -0.0287. The third kappa shape index (κ3) is 32.4. The third-order valence-corrected chi connectivity index (χ3v) is 48.2. The van der Waals surface area contributed by atoms with Gasteiger partial charge in [-0.15, -0.1) is 12.4 Å². The fourth-order valence-electron chi connectivity index (χ4n) is 16.8. The number of likely N-dealkylation sites (tertiary alicyclic amines) is 3. The van der Waals surface area contributed by atoms with Crippen molar-refractivity contribution in [1.29, 1.82) is 0 Å². The normalized spacial score (nSPS) is 16.5. The number of para-hydroxylation sites is 4. The topological polar surface area (TPSA) is 208 Å². The van der Waals surface area contributed by atoms with E-state index in [1.165, 1.54) is 36.2 Å². The van der Waals surface area contributed by atoms with Crippen molar-refractivity contribution < 1.29 is 48.0 Å². The maximum atomic E-state index is 13.8. The predicted molar refractivity (Wildman–Crippen MR) is 605 cm³/mol. The first-order valence-electron chi connectivity index (χ1n) is 44.8. The van der Waals surface area contributed by atoms with E-state index in [1.54, 1.807) is 125 Å². The Hall–Kier alpha value is -6.75. The van der Waals surface area contributed by atoms with Gasteiger partial charge in [-0.3, -0.25) is 9.69 Å². The first-order chi connectivity index (χ1) is 65.9. The standard InChI is InChI=1S/C27H31ClN2O3.C26H29ClN2O3.C26H27ClN2O3.C22H23ClN2O.ClH.S14/c1-27(2,3)33-26(31)30-16-8-7-11-24(30)25(32-4)21-17-23(18-12-14-19(28)15-13-18)29-22-10-6-5-9-20(21)22;2*1-26(2,3)32-25(31)29-15-7-6-10-23(29)24(30)20-16-22(17-11-13-18(27)14-12-17)28-21-9-5-4-8-19(20)21;1-26-22(20-8-4-5-13-24-20)18-14-21(15-9-11-16(23)12-10-15)25-19-7-3-2-6-17(18)19;;1-3-5-7-9-11-13-14-12-10-8-6-4-2/h5-6,9-10,12-15,17,24-25H,7-8,11,16H2,1-4H3;4-5,8-9,11-14,16,23-24,30H,6-7,10,15H2,1-3H3;4-5,8-9,11-14,16,23H,6-7,10,15H2,1-3H3;2-3,6-7,9-12,14,20,22,24H,4-5,8,13H2,1H3;1H;. The summed E-state index contributed by atoms with van der Waals surface area (Å²) in [5, 5.41) is 21.8. The first kappa shape index (κ1) is 112. The van der Waals surface area contributed by atoms with Crippen molar-refractivity contribution in [3.63, 3.8) is 0 Å². The Morgan fingerprint density at radius 2 is 0.696 bits per heavy atom. The molecule has 734 valence electrons. The summed E-state index contributed by atoms with van der Waals surface area (Å²) in [4.78, 5) is 77.2. The van der Waals surface area contributed by atoms with Gasteiger partial charge < -0.3 is 43.9 Å². The average molecular weight is 2220 g/mol. The van der Waals surface area contributed by atoms with Crippen molar-refractivity contribution in [3.8, 4) is 45.0 Å². The summed E-state index contributed by atoms with van der Waals surface area (Å²) < 4.78 is 29.1. The van der Waals surface area contributed by atoms with Gasteiger partial charge in [-0.1, -0.05) is 174 Å². The molecule has 4 saturated heterocycles. The van der Waals surface area contributed by atoms with Crippen LogP contribution in [0, 0.1) is 0 Å². The van der Waals surface area contributed by atoms with Gasteiger partial charge in [-0.05, 0) is 253 Å². The predicted octanol–water partition coefficient (Wildman–Crippen LogP) is 25.7. The second-order valence-corrected chi connectivity index (χ2v) is 58.6. The summed E-state index contributed by atoms with van der Waals surface area (Å²) in [7, 11) is 23.4. The molecule has 8 heterocycles. The van der Waals surface area contributed by atoms with E-state index < -0.39 is 35.0 Å². The molecule has 0 radical (unpaired) electrons. The number of piperidine rings is 4. The van der Waals surface area contributed by atoms with Crippen molar-refractivity contribution in [2.24, 2.45) is 0 Å². The highest BCUT2D eigenvalue weighted by Crippen LogP contribution is 2.42. The molecule has 18 nitrogen and oxygen atoms in total. The number of ketones is 1. The number of nitrogens with one attached hydrogen (secondary N) is 1. The van der Waals surface area contributed by atoms with Crippen LogP contribution in [0.5, 0.6) is 0 Å². The molecule has 8 aromatic carbocycles. The van der Waals surface area contributed by atoms with Crippen LogP contribution in [0.25, 0.3) is 88.6 Å². The Kier molecular flexibility index (Phi) is 44.3. The number of aliphatic hydroxyl groups is 1. The zero-order chi connectivity index (χ0) is 97.8. The van der Waals surface area contributed by atoms with E-state index in [-0.39, 0.29) is 54.7 Å². The van der Waals surface area contributed by atoms with Crippen molar-refractivity contribution in [3.05, 3.63) is 261 Å². The number of Topliss-reactive ketones (excluding diaryl/α,β-unsaturated/α-hetero) is 1. The van der Waals surface area contributed by atoms with E-state index in [4.69, 9.17) is 112 Å². The number of ether oxygens (including phenoxy) is 5. The number of methoxy groups -OCH3 is 2. The highest BCUT2D eigenvalue weighted by Gasteiger charge is 2.41. The van der Waals surface area contributed by atoms with Crippen LogP contribution in [0.15, 0.2) is 218 Å². The number of fused-ring (bicyclic) bond motifs is 4. The molecular formula is C101H111Cl5N8O10S14. The maximum absolute atomic E-state index is 13.8. The molecule has 37 heteroatoms. The quantitative estimate of drug-likeness (QED) is 0.0766. The zero-order valence-electron chi connectivity index (χ0n) is 78.0. The number of halogens is 5. The van der Waals surface area contributed by atoms with Crippen molar-refractivity contribution >= 4 is 255 Å². The van der Waals surface area contributed by atoms with Gasteiger partial charge in [-0.25, -0.2) is 34.3 Å². The minimum atomic E-state index is -0.859. The fourth-order valence-corrected chi connectivity index (χ4v) is 44.8. The Labute approximate surface area is 878 Å². The molecule has 4 aliphatic heterocycles. The SMILES string of the molecule is CC(C)(C)OC(=O)N1CCCCC1C(=O)c1cc(-c2ccc(Cl)cc2)nc2ccccc12.CC(C)(C)OC(=O)N1CCCCC1C(O)c1cc(-c2ccc(Cl)cc2)nc2ccccc12.COC(c1cc(-c2ccc(Cl)cc2)nc2ccccc12)C1CCCCN1.COC(c1cc(-c2ccc(Cl)cc2)nc2ccccc12)C1CCCCN1C(=O)OC(C)(C)C.Cl.S=S=S=S=S=S=S=S=S=S=S=S=S=S. The molecule has 0 saturated carbocycles. The summed E-state index contributed by atoms with van der Waals surface area (Å²) in [6.45, 7) is 19.6. The van der Waals surface area contributed by atoms with E-state index in [0.29, 0.717) is 64.8 Å². The summed E-state index contributed by atoms with van der Waals surface area (Å²) in [6.07, 6.45) is 9.13. The van der Waals surface area contributed by atoms with Crippen LogP contribution < -0.4 is 5.32 Å². The van der Waals surface area contributed by atoms with E-state index in [9.17, 15) is 24.3 Å². The van der Waals surface area contributed by atoms with Gasteiger partial charge in [0.15, 0.2) is 5.78 Å². The largest absolute Gasteiger partial charge is 0.444 e. The fraction of sp³-hybridized carbons (Fsp3) is 0.366. The van der Waals surface area contributed by atoms with Crippen LogP contribution in [0.1, 0.15) is 185 Å². The highest BCUT2D eigenvalue weighted by atomic mass is 35.5. The molecule has 138 heavy (non-hydrogen) atoms. The molecule has 0 bridgehead atoms. The van der Waals surface area contributed by atoms with Gasteiger partial charge in [0.05, 0.1) is 69.1 Å². The van der Waals surface area contributed by atoms with E-state index in [1.807, 2.05) is 237 Å².